The first kappa shape index (κ1) is 17.9. The maximum absolute atomic E-state index is 5.86. The van der Waals surface area contributed by atoms with Crippen LogP contribution >= 0.6 is 11.8 Å². The summed E-state index contributed by atoms with van der Waals surface area (Å²) in [6.45, 7) is 2.52. The predicted octanol–water partition coefficient (Wildman–Crippen LogP) is 3.68. The van der Waals surface area contributed by atoms with Crippen LogP contribution in [0.5, 0.6) is 11.5 Å². The van der Waals surface area contributed by atoms with E-state index in [1.807, 2.05) is 43.3 Å². The minimum Gasteiger partial charge on any atom is -0.493 e. The Labute approximate surface area is 146 Å². The number of hydrogen-bond acceptors (Lipinski definition) is 5. The largest absolute Gasteiger partial charge is 0.493 e. The van der Waals surface area contributed by atoms with Gasteiger partial charge in [0.2, 0.25) is 0 Å². The van der Waals surface area contributed by atoms with Gasteiger partial charge in [-0.3, -0.25) is 0 Å². The maximum Gasteiger partial charge on any atom is 0.180 e. The number of nitrogens with two attached hydrogens (primary N) is 1. The number of hydrogen-bond donors (Lipinski definition) is 1. The number of nitrogens with zero attached hydrogens (tertiary/aromatic N) is 2. The van der Waals surface area contributed by atoms with Gasteiger partial charge in [-0.2, -0.15) is 5.10 Å². The van der Waals surface area contributed by atoms with Crippen molar-refractivity contribution in [1.82, 2.24) is 0 Å². The third-order valence-electron chi connectivity index (χ3n) is 3.08. The Bertz CT molecular complexity index is 703. The lowest BCUT2D eigenvalue weighted by Crippen LogP contribution is -2.06. The Kier molecular flexibility index (Phi) is 7.17. The second-order valence-corrected chi connectivity index (χ2v) is 5.80. The van der Waals surface area contributed by atoms with E-state index in [0.29, 0.717) is 23.3 Å². The predicted molar refractivity (Wildman–Crippen MR) is 101 cm³/mol. The molecule has 0 aliphatic heterocycles. The van der Waals surface area contributed by atoms with Gasteiger partial charge in [0.25, 0.3) is 0 Å². The Balaban J connectivity index is 1.94. The highest BCUT2D eigenvalue weighted by atomic mass is 32.2. The van der Waals surface area contributed by atoms with Gasteiger partial charge in [0.05, 0.1) is 19.9 Å². The van der Waals surface area contributed by atoms with E-state index in [4.69, 9.17) is 15.2 Å². The lowest BCUT2D eigenvalue weighted by molar-refractivity contribution is 0.311. The fraction of sp³-hybridized carbons (Fsp3) is 0.222. The van der Waals surface area contributed by atoms with Crippen LogP contribution in [0.1, 0.15) is 18.1 Å². The molecule has 126 valence electrons. The van der Waals surface area contributed by atoms with Gasteiger partial charge in [0.1, 0.15) is 0 Å². The second-order valence-electron chi connectivity index (χ2n) is 4.80. The van der Waals surface area contributed by atoms with Crippen LogP contribution in [0.3, 0.4) is 0 Å². The summed E-state index contributed by atoms with van der Waals surface area (Å²) in [7, 11) is 1.61. The molecule has 0 aromatic heterocycles. The zero-order valence-electron chi connectivity index (χ0n) is 13.8. The topological polar surface area (TPSA) is 69.2 Å². The standard InChI is InChI=1S/C18H21N3O2S/c1-3-23-16-10-9-15(11-17(16)22-2)12-20-21-18(19)24-13-14-7-5-4-6-8-14/h4-12H,3,13H2,1-2H3,(H2,19,21). The Morgan fingerprint density at radius 2 is 1.96 bits per heavy atom. The van der Waals surface area contributed by atoms with Crippen molar-refractivity contribution in [1.29, 1.82) is 0 Å². The summed E-state index contributed by atoms with van der Waals surface area (Å²) >= 11 is 1.45. The molecule has 0 radical (unpaired) electrons. The summed E-state index contributed by atoms with van der Waals surface area (Å²) in [4.78, 5) is 0. The molecule has 0 amide bonds. The molecule has 0 saturated heterocycles. The van der Waals surface area contributed by atoms with E-state index >= 15 is 0 Å². The lowest BCUT2D eigenvalue weighted by atomic mass is 10.2. The zero-order valence-corrected chi connectivity index (χ0v) is 14.6. The number of rotatable bonds is 7. The molecule has 0 unspecified atom stereocenters. The summed E-state index contributed by atoms with van der Waals surface area (Å²) in [6, 6.07) is 15.7. The fourth-order valence-corrected chi connectivity index (χ4v) is 2.56. The normalized spacial score (nSPS) is 11.7. The van der Waals surface area contributed by atoms with Gasteiger partial charge < -0.3 is 15.2 Å². The van der Waals surface area contributed by atoms with Crippen LogP contribution in [0, 0.1) is 0 Å². The van der Waals surface area contributed by atoms with Crippen LogP contribution in [-0.4, -0.2) is 25.1 Å². The van der Waals surface area contributed by atoms with Crippen LogP contribution in [0.25, 0.3) is 0 Å². The average Bonchev–Trinajstić information content (AvgIpc) is 2.62. The molecule has 2 aromatic carbocycles. The van der Waals surface area contributed by atoms with Gasteiger partial charge in [-0.15, -0.1) is 5.10 Å². The van der Waals surface area contributed by atoms with E-state index in [2.05, 4.69) is 22.3 Å². The van der Waals surface area contributed by atoms with E-state index in [-0.39, 0.29) is 0 Å². The van der Waals surface area contributed by atoms with Gasteiger partial charge in [-0.1, -0.05) is 42.1 Å². The minimum absolute atomic E-state index is 0.424. The minimum atomic E-state index is 0.424. The molecule has 24 heavy (non-hydrogen) atoms. The van der Waals surface area contributed by atoms with Crippen LogP contribution in [0.15, 0.2) is 58.7 Å². The van der Waals surface area contributed by atoms with Gasteiger partial charge in [0, 0.05) is 5.75 Å². The molecule has 0 saturated carbocycles. The van der Waals surface area contributed by atoms with Gasteiger partial charge >= 0.3 is 0 Å². The lowest BCUT2D eigenvalue weighted by Gasteiger charge is -2.09. The highest BCUT2D eigenvalue weighted by molar-refractivity contribution is 8.13. The summed E-state index contributed by atoms with van der Waals surface area (Å²) in [6.07, 6.45) is 1.63. The summed E-state index contributed by atoms with van der Waals surface area (Å²) in [5.74, 6) is 2.14. The summed E-state index contributed by atoms with van der Waals surface area (Å²) in [5, 5.41) is 8.45. The maximum atomic E-state index is 5.86. The van der Waals surface area contributed by atoms with Crippen LogP contribution < -0.4 is 15.2 Å². The summed E-state index contributed by atoms with van der Waals surface area (Å²) < 4.78 is 10.8. The molecule has 2 aromatic rings. The molecule has 0 aliphatic carbocycles. The van der Waals surface area contributed by atoms with Crippen molar-refractivity contribution in [3.63, 3.8) is 0 Å². The Morgan fingerprint density at radius 1 is 1.17 bits per heavy atom. The van der Waals surface area contributed by atoms with Crippen molar-refractivity contribution >= 4 is 23.1 Å². The van der Waals surface area contributed by atoms with Crippen LogP contribution in [0.4, 0.5) is 0 Å². The van der Waals surface area contributed by atoms with Crippen molar-refractivity contribution in [2.75, 3.05) is 13.7 Å². The Hall–Kier alpha value is -2.47. The molecule has 0 fully saturated rings. The monoisotopic (exact) mass is 343 g/mol. The van der Waals surface area contributed by atoms with Gasteiger partial charge in [0.15, 0.2) is 16.7 Å². The van der Waals surface area contributed by atoms with E-state index < -0.39 is 0 Å². The third-order valence-corrected chi connectivity index (χ3v) is 3.94. The van der Waals surface area contributed by atoms with E-state index in [0.717, 1.165) is 11.3 Å². The number of thioether (sulfide) groups is 1. The van der Waals surface area contributed by atoms with Gasteiger partial charge in [-0.05, 0) is 36.2 Å². The van der Waals surface area contributed by atoms with Crippen molar-refractivity contribution < 1.29 is 9.47 Å². The van der Waals surface area contributed by atoms with Crippen molar-refractivity contribution in [2.45, 2.75) is 12.7 Å². The van der Waals surface area contributed by atoms with Crippen molar-refractivity contribution in [3.05, 3.63) is 59.7 Å². The molecule has 2 N–H and O–H groups in total. The molecule has 5 nitrogen and oxygen atoms in total. The number of methoxy groups -OCH3 is 1. The third kappa shape index (κ3) is 5.62. The SMILES string of the molecule is CCOc1ccc(C=NN=C(N)SCc2ccccc2)cc1OC. The van der Waals surface area contributed by atoms with E-state index in [1.54, 1.807) is 13.3 Å². The molecule has 0 aliphatic rings. The first-order chi connectivity index (χ1) is 11.7. The number of benzene rings is 2. The number of amidine groups is 1. The fourth-order valence-electron chi connectivity index (χ4n) is 1.95. The van der Waals surface area contributed by atoms with Crippen LogP contribution in [-0.2, 0) is 5.75 Å². The Morgan fingerprint density at radius 3 is 2.67 bits per heavy atom. The molecule has 0 atom stereocenters. The average molecular weight is 343 g/mol. The molecule has 6 heteroatoms. The number of ether oxygens (including phenoxy) is 2. The highest BCUT2D eigenvalue weighted by Crippen LogP contribution is 2.27. The molecule has 0 bridgehead atoms. The smallest absolute Gasteiger partial charge is 0.180 e. The van der Waals surface area contributed by atoms with Gasteiger partial charge in [-0.25, -0.2) is 0 Å². The first-order valence-corrected chi connectivity index (χ1v) is 8.55. The first-order valence-electron chi connectivity index (χ1n) is 7.57. The van der Waals surface area contributed by atoms with E-state index in [1.165, 1.54) is 17.3 Å². The summed E-state index contributed by atoms with van der Waals surface area (Å²) in [5.41, 5.74) is 7.92. The van der Waals surface area contributed by atoms with Crippen LogP contribution in [0.2, 0.25) is 0 Å². The van der Waals surface area contributed by atoms with Crippen molar-refractivity contribution in [3.8, 4) is 11.5 Å². The van der Waals surface area contributed by atoms with E-state index in [9.17, 15) is 0 Å². The molecular formula is C18H21N3O2S. The second kappa shape index (κ2) is 9.62. The quantitative estimate of drug-likeness (QED) is 0.473. The molecule has 0 spiro atoms. The highest BCUT2D eigenvalue weighted by Gasteiger charge is 2.04. The zero-order chi connectivity index (χ0) is 17.2. The molecule has 2 rings (SSSR count). The van der Waals surface area contributed by atoms with Crippen molar-refractivity contribution in [2.24, 2.45) is 15.9 Å². The molecule has 0 heterocycles. The molecular weight excluding hydrogens is 322 g/mol.